The Balaban J connectivity index is 2.17. The number of hydrogen-bond acceptors (Lipinski definition) is 3. The second-order valence-corrected chi connectivity index (χ2v) is 6.34. The molecule has 2 aromatic carbocycles. The van der Waals surface area contributed by atoms with Crippen LogP contribution in [0, 0.1) is 0 Å². The fourth-order valence-electron chi connectivity index (χ4n) is 1.91. The van der Waals surface area contributed by atoms with Gasteiger partial charge >= 0.3 is 0 Å². The van der Waals surface area contributed by atoms with Crippen molar-refractivity contribution >= 4 is 11.8 Å². The molecule has 0 amide bonds. The summed E-state index contributed by atoms with van der Waals surface area (Å²) in [6.45, 7) is 2.24. The number of hydrogen-bond donors (Lipinski definition) is 1. The highest BCUT2D eigenvalue weighted by Gasteiger charge is 2.10. The SMILES string of the molecule is C[C@H](Cc1ccccc1Sc1ccc(O)cc1)N(C)C. The molecule has 2 nitrogen and oxygen atoms in total. The average Bonchev–Trinajstić information content (AvgIpc) is 2.43. The van der Waals surface area contributed by atoms with Crippen LogP contribution in [-0.4, -0.2) is 30.1 Å². The molecule has 2 rings (SSSR count). The van der Waals surface area contributed by atoms with E-state index in [0.717, 1.165) is 11.3 Å². The van der Waals surface area contributed by atoms with E-state index in [1.807, 2.05) is 12.1 Å². The second-order valence-electron chi connectivity index (χ2n) is 5.22. The zero-order chi connectivity index (χ0) is 14.5. The zero-order valence-corrected chi connectivity index (χ0v) is 13.0. The van der Waals surface area contributed by atoms with E-state index in [9.17, 15) is 5.11 Å². The maximum Gasteiger partial charge on any atom is 0.115 e. The highest BCUT2D eigenvalue weighted by atomic mass is 32.2. The van der Waals surface area contributed by atoms with E-state index < -0.39 is 0 Å². The molecular formula is C17H21NOS. The van der Waals surface area contributed by atoms with Gasteiger partial charge < -0.3 is 10.0 Å². The average molecular weight is 287 g/mol. The van der Waals surface area contributed by atoms with Crippen molar-refractivity contribution in [1.82, 2.24) is 4.90 Å². The van der Waals surface area contributed by atoms with E-state index in [1.165, 1.54) is 10.5 Å². The summed E-state index contributed by atoms with van der Waals surface area (Å²) in [4.78, 5) is 4.67. The maximum absolute atomic E-state index is 9.34. The number of rotatable bonds is 5. The van der Waals surface area contributed by atoms with Gasteiger partial charge in [0.15, 0.2) is 0 Å². The molecule has 106 valence electrons. The van der Waals surface area contributed by atoms with Gasteiger partial charge in [0.25, 0.3) is 0 Å². The summed E-state index contributed by atoms with van der Waals surface area (Å²) in [6.07, 6.45) is 1.04. The molecule has 0 bridgehead atoms. The molecule has 0 saturated heterocycles. The molecule has 0 saturated carbocycles. The molecule has 3 heteroatoms. The van der Waals surface area contributed by atoms with Crippen molar-refractivity contribution in [3.8, 4) is 5.75 Å². The van der Waals surface area contributed by atoms with Crippen LogP contribution >= 0.6 is 11.8 Å². The highest BCUT2D eigenvalue weighted by Crippen LogP contribution is 2.32. The van der Waals surface area contributed by atoms with Gasteiger partial charge in [-0.3, -0.25) is 0 Å². The minimum absolute atomic E-state index is 0.309. The first-order chi connectivity index (χ1) is 9.56. The van der Waals surface area contributed by atoms with E-state index in [-0.39, 0.29) is 0 Å². The van der Waals surface area contributed by atoms with Gasteiger partial charge in [-0.05, 0) is 63.3 Å². The molecule has 2 aromatic rings. The first-order valence-corrected chi connectivity index (χ1v) is 7.59. The topological polar surface area (TPSA) is 23.5 Å². The van der Waals surface area contributed by atoms with Gasteiger partial charge in [-0.15, -0.1) is 0 Å². The number of benzene rings is 2. The number of nitrogens with zero attached hydrogens (tertiary/aromatic N) is 1. The van der Waals surface area contributed by atoms with Crippen molar-refractivity contribution in [2.75, 3.05) is 14.1 Å². The molecule has 0 aromatic heterocycles. The standard InChI is InChI=1S/C17H21NOS/c1-13(18(2)3)12-14-6-4-5-7-17(14)20-16-10-8-15(19)9-11-16/h4-11,13,19H,12H2,1-3H3/t13-/m1/s1. The van der Waals surface area contributed by atoms with Gasteiger partial charge in [0.2, 0.25) is 0 Å². The van der Waals surface area contributed by atoms with Crippen LogP contribution in [0.2, 0.25) is 0 Å². The molecule has 0 spiro atoms. The predicted octanol–water partition coefficient (Wildman–Crippen LogP) is 4.04. The Bertz CT molecular complexity index is 551. The molecule has 0 aliphatic carbocycles. The quantitative estimate of drug-likeness (QED) is 0.898. The highest BCUT2D eigenvalue weighted by molar-refractivity contribution is 7.99. The molecule has 1 N–H and O–H groups in total. The van der Waals surface area contributed by atoms with Crippen molar-refractivity contribution in [2.24, 2.45) is 0 Å². The molecule has 0 unspecified atom stereocenters. The van der Waals surface area contributed by atoms with Gasteiger partial charge in [0, 0.05) is 15.8 Å². The van der Waals surface area contributed by atoms with Crippen molar-refractivity contribution in [3.63, 3.8) is 0 Å². The Labute approximate surface area is 125 Å². The third-order valence-electron chi connectivity index (χ3n) is 3.43. The molecule has 20 heavy (non-hydrogen) atoms. The van der Waals surface area contributed by atoms with E-state index >= 15 is 0 Å². The van der Waals surface area contributed by atoms with Crippen LogP contribution in [0.5, 0.6) is 5.75 Å². The second kappa shape index (κ2) is 6.82. The van der Waals surface area contributed by atoms with Gasteiger partial charge in [-0.1, -0.05) is 30.0 Å². The largest absolute Gasteiger partial charge is 0.508 e. The lowest BCUT2D eigenvalue weighted by Gasteiger charge is -2.21. The maximum atomic E-state index is 9.34. The number of phenols is 1. The molecule has 1 atom stereocenters. The summed E-state index contributed by atoms with van der Waals surface area (Å²) in [5.74, 6) is 0.309. The lowest BCUT2D eigenvalue weighted by molar-refractivity contribution is 0.311. The molecule has 0 aliphatic heterocycles. The van der Waals surface area contributed by atoms with E-state index in [4.69, 9.17) is 0 Å². The van der Waals surface area contributed by atoms with Crippen LogP contribution in [0.15, 0.2) is 58.3 Å². The molecular weight excluding hydrogens is 266 g/mol. The Morgan fingerprint density at radius 2 is 1.70 bits per heavy atom. The number of phenolic OH excluding ortho intramolecular Hbond substituents is 1. The van der Waals surface area contributed by atoms with E-state index in [1.54, 1.807) is 23.9 Å². The van der Waals surface area contributed by atoms with Crippen LogP contribution < -0.4 is 0 Å². The Kier molecular flexibility index (Phi) is 5.10. The first kappa shape index (κ1) is 14.9. The van der Waals surface area contributed by atoms with Crippen molar-refractivity contribution in [2.45, 2.75) is 29.2 Å². The summed E-state index contributed by atoms with van der Waals surface area (Å²) in [6, 6.07) is 16.4. The summed E-state index contributed by atoms with van der Waals surface area (Å²) < 4.78 is 0. The fourth-order valence-corrected chi connectivity index (χ4v) is 2.87. The molecule has 0 radical (unpaired) electrons. The van der Waals surface area contributed by atoms with Crippen LogP contribution in [-0.2, 0) is 6.42 Å². The lowest BCUT2D eigenvalue weighted by atomic mass is 10.1. The number of aromatic hydroxyl groups is 1. The summed E-state index contributed by atoms with van der Waals surface area (Å²) in [5.41, 5.74) is 1.37. The summed E-state index contributed by atoms with van der Waals surface area (Å²) >= 11 is 1.75. The molecule has 0 aliphatic rings. The van der Waals surface area contributed by atoms with Gasteiger partial charge in [-0.25, -0.2) is 0 Å². The summed E-state index contributed by atoms with van der Waals surface area (Å²) in [5, 5.41) is 9.34. The predicted molar refractivity (Wildman–Crippen MR) is 85.5 cm³/mol. The van der Waals surface area contributed by atoms with Crippen LogP contribution in [0.3, 0.4) is 0 Å². The van der Waals surface area contributed by atoms with Gasteiger partial charge in [-0.2, -0.15) is 0 Å². The normalized spacial score (nSPS) is 12.6. The fraction of sp³-hybridized carbons (Fsp3) is 0.294. The Hall–Kier alpha value is -1.45. The Morgan fingerprint density at radius 3 is 2.35 bits per heavy atom. The minimum Gasteiger partial charge on any atom is -0.508 e. The van der Waals surface area contributed by atoms with Gasteiger partial charge in [0.1, 0.15) is 5.75 Å². The Morgan fingerprint density at radius 1 is 1.05 bits per heavy atom. The summed E-state index contributed by atoms with van der Waals surface area (Å²) in [7, 11) is 4.22. The van der Waals surface area contributed by atoms with Gasteiger partial charge in [0.05, 0.1) is 0 Å². The molecule has 0 heterocycles. The smallest absolute Gasteiger partial charge is 0.115 e. The van der Waals surface area contributed by atoms with E-state index in [0.29, 0.717) is 11.8 Å². The van der Waals surface area contributed by atoms with Crippen molar-refractivity contribution < 1.29 is 5.11 Å². The van der Waals surface area contributed by atoms with Crippen LogP contribution in [0.1, 0.15) is 12.5 Å². The third kappa shape index (κ3) is 4.02. The third-order valence-corrected chi connectivity index (χ3v) is 4.56. The zero-order valence-electron chi connectivity index (χ0n) is 12.2. The minimum atomic E-state index is 0.309. The van der Waals surface area contributed by atoms with Crippen molar-refractivity contribution in [3.05, 3.63) is 54.1 Å². The first-order valence-electron chi connectivity index (χ1n) is 6.77. The van der Waals surface area contributed by atoms with E-state index in [2.05, 4.69) is 50.2 Å². The van der Waals surface area contributed by atoms with Crippen LogP contribution in [0.4, 0.5) is 0 Å². The van der Waals surface area contributed by atoms with Crippen LogP contribution in [0.25, 0.3) is 0 Å². The molecule has 0 fully saturated rings. The van der Waals surface area contributed by atoms with Crippen molar-refractivity contribution in [1.29, 1.82) is 0 Å². The monoisotopic (exact) mass is 287 g/mol. The lowest BCUT2D eigenvalue weighted by Crippen LogP contribution is -2.26. The number of likely N-dealkylation sites (N-methyl/N-ethyl adjacent to an activating group) is 1.